The first-order valence-corrected chi connectivity index (χ1v) is 5.75. The molecule has 2 amide bonds. The Balaban J connectivity index is 3.02. The van der Waals surface area contributed by atoms with Crippen LogP contribution in [0.4, 0.5) is 23.7 Å². The van der Waals surface area contributed by atoms with Crippen LogP contribution in [-0.4, -0.2) is 23.7 Å². The van der Waals surface area contributed by atoms with Crippen molar-refractivity contribution in [3.8, 4) is 0 Å². The highest BCUT2D eigenvalue weighted by Gasteiger charge is 2.31. The van der Waals surface area contributed by atoms with Gasteiger partial charge >= 0.3 is 18.2 Å². The normalized spacial score (nSPS) is 11.0. The van der Waals surface area contributed by atoms with Gasteiger partial charge in [0, 0.05) is 6.54 Å². The van der Waals surface area contributed by atoms with Gasteiger partial charge < -0.3 is 15.7 Å². The summed E-state index contributed by atoms with van der Waals surface area (Å²) < 4.78 is 37.5. The summed E-state index contributed by atoms with van der Waals surface area (Å²) in [6.45, 7) is 2.19. The summed E-state index contributed by atoms with van der Waals surface area (Å²) >= 11 is 0. The molecule has 0 spiro atoms. The number of amides is 2. The number of carbonyl (C=O) groups is 2. The molecule has 1 rings (SSSR count). The molecule has 0 unspecified atom stereocenters. The van der Waals surface area contributed by atoms with E-state index in [0.29, 0.717) is 25.1 Å². The van der Waals surface area contributed by atoms with Crippen LogP contribution in [0.5, 0.6) is 0 Å². The van der Waals surface area contributed by atoms with Crippen LogP contribution < -0.4 is 10.6 Å². The first-order chi connectivity index (χ1) is 9.25. The first-order valence-electron chi connectivity index (χ1n) is 5.75. The van der Waals surface area contributed by atoms with Crippen molar-refractivity contribution in [3.63, 3.8) is 0 Å². The highest BCUT2D eigenvalue weighted by atomic mass is 19.4. The standard InChI is InChI=1S/C12H13F3N2O3/c1-2-5-16-11(20)17-9-4-3-7(12(13,14)15)6-8(9)10(18)19/h3-4,6H,2,5H2,1H3,(H,18,19)(H2,16,17,20). The minimum absolute atomic E-state index is 0.195. The summed E-state index contributed by atoms with van der Waals surface area (Å²) in [5.41, 5.74) is -1.90. The number of aromatic carboxylic acids is 1. The molecule has 0 atom stereocenters. The molecule has 110 valence electrons. The van der Waals surface area contributed by atoms with Gasteiger partial charge in [0.15, 0.2) is 0 Å². The highest BCUT2D eigenvalue weighted by molar-refractivity contribution is 6.00. The van der Waals surface area contributed by atoms with E-state index in [1.165, 1.54) is 0 Å². The van der Waals surface area contributed by atoms with Crippen LogP contribution in [0.15, 0.2) is 18.2 Å². The van der Waals surface area contributed by atoms with Gasteiger partial charge in [-0.05, 0) is 24.6 Å². The summed E-state index contributed by atoms with van der Waals surface area (Å²) in [7, 11) is 0. The van der Waals surface area contributed by atoms with Crippen molar-refractivity contribution in [1.82, 2.24) is 5.32 Å². The Hall–Kier alpha value is -2.25. The van der Waals surface area contributed by atoms with Gasteiger partial charge in [-0.3, -0.25) is 0 Å². The van der Waals surface area contributed by atoms with E-state index in [2.05, 4.69) is 10.6 Å². The number of anilines is 1. The van der Waals surface area contributed by atoms with E-state index in [1.54, 1.807) is 0 Å². The molecule has 20 heavy (non-hydrogen) atoms. The van der Waals surface area contributed by atoms with Crippen molar-refractivity contribution in [1.29, 1.82) is 0 Å². The molecule has 0 heterocycles. The zero-order valence-corrected chi connectivity index (χ0v) is 10.5. The van der Waals surface area contributed by atoms with Gasteiger partial charge in [-0.25, -0.2) is 9.59 Å². The largest absolute Gasteiger partial charge is 0.478 e. The van der Waals surface area contributed by atoms with Crippen LogP contribution in [0, 0.1) is 0 Å². The summed E-state index contributed by atoms with van der Waals surface area (Å²) in [5, 5.41) is 13.5. The van der Waals surface area contributed by atoms with Crippen molar-refractivity contribution in [2.45, 2.75) is 19.5 Å². The molecule has 0 saturated carbocycles. The Kier molecular flexibility index (Phi) is 4.95. The minimum Gasteiger partial charge on any atom is -0.478 e. The van der Waals surface area contributed by atoms with Gasteiger partial charge in [0.1, 0.15) is 0 Å². The lowest BCUT2D eigenvalue weighted by Crippen LogP contribution is -2.30. The molecular weight excluding hydrogens is 277 g/mol. The summed E-state index contributed by atoms with van der Waals surface area (Å²) in [6.07, 6.45) is -3.97. The maximum absolute atomic E-state index is 12.5. The van der Waals surface area contributed by atoms with Crippen molar-refractivity contribution < 1.29 is 27.9 Å². The molecule has 0 aliphatic carbocycles. The lowest BCUT2D eigenvalue weighted by molar-refractivity contribution is -0.137. The Morgan fingerprint density at radius 3 is 2.45 bits per heavy atom. The number of carboxylic acids is 1. The van der Waals surface area contributed by atoms with Crippen LogP contribution >= 0.6 is 0 Å². The number of rotatable bonds is 4. The van der Waals surface area contributed by atoms with E-state index in [9.17, 15) is 22.8 Å². The molecule has 5 nitrogen and oxygen atoms in total. The molecule has 0 fully saturated rings. The maximum Gasteiger partial charge on any atom is 0.416 e. The zero-order valence-electron chi connectivity index (χ0n) is 10.5. The number of carbonyl (C=O) groups excluding carboxylic acids is 1. The van der Waals surface area contributed by atoms with E-state index >= 15 is 0 Å². The van der Waals surface area contributed by atoms with Crippen LogP contribution in [0.25, 0.3) is 0 Å². The Bertz CT molecular complexity index is 515. The third-order valence-corrected chi connectivity index (χ3v) is 2.36. The van der Waals surface area contributed by atoms with Gasteiger partial charge in [0.25, 0.3) is 0 Å². The predicted molar refractivity (Wildman–Crippen MR) is 65.7 cm³/mol. The molecule has 8 heteroatoms. The maximum atomic E-state index is 12.5. The van der Waals surface area contributed by atoms with E-state index in [4.69, 9.17) is 5.11 Å². The summed E-state index contributed by atoms with van der Waals surface area (Å²) in [5.74, 6) is -1.55. The smallest absolute Gasteiger partial charge is 0.416 e. The number of halogens is 3. The quantitative estimate of drug-likeness (QED) is 0.797. The molecule has 3 N–H and O–H groups in total. The second-order valence-corrected chi connectivity index (χ2v) is 3.94. The third kappa shape index (κ3) is 4.15. The topological polar surface area (TPSA) is 78.4 Å². The number of benzene rings is 1. The third-order valence-electron chi connectivity index (χ3n) is 2.36. The lowest BCUT2D eigenvalue weighted by atomic mass is 10.1. The van der Waals surface area contributed by atoms with Crippen molar-refractivity contribution in [2.24, 2.45) is 0 Å². The number of nitrogens with one attached hydrogen (secondary N) is 2. The molecule has 0 aliphatic heterocycles. The molecule has 0 saturated heterocycles. The van der Waals surface area contributed by atoms with Crippen molar-refractivity contribution >= 4 is 17.7 Å². The Morgan fingerprint density at radius 2 is 1.95 bits per heavy atom. The SMILES string of the molecule is CCCNC(=O)Nc1ccc(C(F)(F)F)cc1C(=O)O. The van der Waals surface area contributed by atoms with Gasteiger partial charge in [-0.2, -0.15) is 13.2 Å². The summed E-state index contributed by atoms with van der Waals surface area (Å²) in [4.78, 5) is 22.3. The molecule has 1 aromatic rings. The van der Waals surface area contributed by atoms with Gasteiger partial charge in [0.2, 0.25) is 0 Å². The van der Waals surface area contributed by atoms with E-state index in [0.717, 1.165) is 6.07 Å². The molecular formula is C12H13F3N2O3. The van der Waals surface area contributed by atoms with Crippen molar-refractivity contribution in [3.05, 3.63) is 29.3 Å². The van der Waals surface area contributed by atoms with Gasteiger partial charge in [-0.15, -0.1) is 0 Å². The number of carboxylic acid groups (broad SMARTS) is 1. The first kappa shape index (κ1) is 15.8. The summed E-state index contributed by atoms with van der Waals surface area (Å²) in [6, 6.07) is 1.44. The predicted octanol–water partition coefficient (Wildman–Crippen LogP) is 2.94. The Morgan fingerprint density at radius 1 is 1.30 bits per heavy atom. The van der Waals surface area contributed by atoms with Gasteiger partial charge in [0.05, 0.1) is 16.8 Å². The second kappa shape index (κ2) is 6.27. The van der Waals surface area contributed by atoms with Crippen LogP contribution in [0.1, 0.15) is 29.3 Å². The van der Waals surface area contributed by atoms with E-state index in [-0.39, 0.29) is 5.69 Å². The van der Waals surface area contributed by atoms with Crippen LogP contribution in [-0.2, 0) is 6.18 Å². The van der Waals surface area contributed by atoms with Crippen molar-refractivity contribution in [2.75, 3.05) is 11.9 Å². The molecule has 0 aliphatic rings. The minimum atomic E-state index is -4.65. The monoisotopic (exact) mass is 290 g/mol. The molecule has 1 aromatic carbocycles. The fourth-order valence-electron chi connectivity index (χ4n) is 1.41. The Labute approximate surface area is 112 Å². The number of alkyl halides is 3. The number of hydrogen-bond donors (Lipinski definition) is 3. The van der Waals surface area contributed by atoms with Gasteiger partial charge in [-0.1, -0.05) is 6.92 Å². The lowest BCUT2D eigenvalue weighted by Gasteiger charge is -2.12. The molecule has 0 radical (unpaired) electrons. The van der Waals surface area contributed by atoms with Crippen LogP contribution in [0.2, 0.25) is 0 Å². The van der Waals surface area contributed by atoms with E-state index < -0.39 is 29.3 Å². The molecule has 0 bridgehead atoms. The average Bonchev–Trinajstić information content (AvgIpc) is 2.35. The fourth-order valence-corrected chi connectivity index (χ4v) is 1.41. The van der Waals surface area contributed by atoms with E-state index in [1.807, 2.05) is 6.92 Å². The molecule has 0 aromatic heterocycles. The highest BCUT2D eigenvalue weighted by Crippen LogP contribution is 2.31. The number of urea groups is 1. The fraction of sp³-hybridized carbons (Fsp3) is 0.333. The number of hydrogen-bond acceptors (Lipinski definition) is 2. The van der Waals surface area contributed by atoms with Crippen LogP contribution in [0.3, 0.4) is 0 Å². The second-order valence-electron chi connectivity index (χ2n) is 3.94. The zero-order chi connectivity index (χ0) is 15.3. The average molecular weight is 290 g/mol.